The van der Waals surface area contributed by atoms with Crippen molar-refractivity contribution in [1.29, 1.82) is 0 Å². The van der Waals surface area contributed by atoms with E-state index in [4.69, 9.17) is 10.5 Å². The predicted molar refractivity (Wildman–Crippen MR) is 37.5 cm³/mol. The van der Waals surface area contributed by atoms with Gasteiger partial charge in [-0.05, 0) is 6.92 Å². The maximum Gasteiger partial charge on any atom is 0.245 e. The van der Waals surface area contributed by atoms with Crippen molar-refractivity contribution in [3.05, 3.63) is 0 Å². The van der Waals surface area contributed by atoms with E-state index in [1.54, 1.807) is 0 Å². The fraction of sp³-hybridized carbons (Fsp3) is 1.00. The highest BCUT2D eigenvalue weighted by molar-refractivity contribution is 4.81. The summed E-state index contributed by atoms with van der Waals surface area (Å²) in [4.78, 5) is 0. The molecule has 0 aliphatic carbocycles. The van der Waals surface area contributed by atoms with E-state index in [1.807, 2.05) is 0 Å². The molecular formula is C7H13F2NO. The first kappa shape index (κ1) is 8.87. The number of ether oxygens (including phenoxy) is 1. The van der Waals surface area contributed by atoms with Crippen LogP contribution in [0.25, 0.3) is 0 Å². The van der Waals surface area contributed by atoms with Crippen LogP contribution in [0.5, 0.6) is 0 Å². The molecule has 2 nitrogen and oxygen atoms in total. The number of nitrogens with two attached hydrogens (primary N) is 1. The van der Waals surface area contributed by atoms with Crippen LogP contribution in [0.15, 0.2) is 0 Å². The average molecular weight is 165 g/mol. The van der Waals surface area contributed by atoms with Gasteiger partial charge >= 0.3 is 0 Å². The highest BCUT2D eigenvalue weighted by Gasteiger charge is 2.33. The molecule has 0 radical (unpaired) electrons. The number of rotatable bonds is 2. The summed E-state index contributed by atoms with van der Waals surface area (Å²) >= 11 is 0. The van der Waals surface area contributed by atoms with Crippen LogP contribution in [0.4, 0.5) is 8.78 Å². The van der Waals surface area contributed by atoms with Crippen LogP contribution in [-0.4, -0.2) is 25.2 Å². The van der Waals surface area contributed by atoms with Crippen LogP contribution in [0.3, 0.4) is 0 Å². The van der Waals surface area contributed by atoms with Crippen LogP contribution < -0.4 is 5.73 Å². The molecule has 0 bridgehead atoms. The summed E-state index contributed by atoms with van der Waals surface area (Å²) in [5.41, 5.74) is 5.53. The molecule has 0 spiro atoms. The lowest BCUT2D eigenvalue weighted by Gasteiger charge is -2.17. The minimum absolute atomic E-state index is 0.159. The van der Waals surface area contributed by atoms with Crippen molar-refractivity contribution in [2.75, 3.05) is 13.2 Å². The maximum atomic E-state index is 12.4. The van der Waals surface area contributed by atoms with Crippen LogP contribution in [0.1, 0.15) is 13.3 Å². The molecule has 1 saturated heterocycles. The molecule has 1 rings (SSSR count). The quantitative estimate of drug-likeness (QED) is 0.662. The molecule has 1 fully saturated rings. The number of halogens is 2. The third-order valence-corrected chi connectivity index (χ3v) is 1.87. The average Bonchev–Trinajstić information content (AvgIpc) is 2.12. The molecule has 1 heterocycles. The Balaban J connectivity index is 2.37. The fourth-order valence-corrected chi connectivity index (χ4v) is 1.29. The smallest absolute Gasteiger partial charge is 0.245 e. The summed E-state index contributed by atoms with van der Waals surface area (Å²) in [5, 5.41) is 0. The molecule has 0 aromatic heterocycles. The predicted octanol–water partition coefficient (Wildman–Crippen LogP) is 1.01. The van der Waals surface area contributed by atoms with E-state index in [1.165, 1.54) is 0 Å². The molecule has 11 heavy (non-hydrogen) atoms. The van der Waals surface area contributed by atoms with Crippen molar-refractivity contribution >= 4 is 0 Å². The molecule has 0 aromatic carbocycles. The Morgan fingerprint density at radius 1 is 1.55 bits per heavy atom. The van der Waals surface area contributed by atoms with Crippen molar-refractivity contribution in [2.45, 2.75) is 25.3 Å². The van der Waals surface area contributed by atoms with Crippen LogP contribution >= 0.6 is 0 Å². The zero-order valence-electron chi connectivity index (χ0n) is 6.52. The van der Waals surface area contributed by atoms with Gasteiger partial charge in [-0.3, -0.25) is 0 Å². The van der Waals surface area contributed by atoms with Crippen molar-refractivity contribution < 1.29 is 13.5 Å². The van der Waals surface area contributed by atoms with E-state index in [9.17, 15) is 8.78 Å². The van der Waals surface area contributed by atoms with Crippen LogP contribution in [-0.2, 0) is 4.74 Å². The minimum atomic E-state index is -2.62. The van der Waals surface area contributed by atoms with Gasteiger partial charge in [-0.1, -0.05) is 0 Å². The topological polar surface area (TPSA) is 35.2 Å². The van der Waals surface area contributed by atoms with Crippen molar-refractivity contribution in [3.8, 4) is 0 Å². The van der Waals surface area contributed by atoms with E-state index in [0.717, 1.165) is 6.92 Å². The second-order valence-corrected chi connectivity index (χ2v) is 3.24. The highest BCUT2D eigenvalue weighted by Crippen LogP contribution is 2.26. The number of hydrogen-bond donors (Lipinski definition) is 1. The normalized spacial score (nSPS) is 32.7. The van der Waals surface area contributed by atoms with E-state index in [2.05, 4.69) is 0 Å². The molecule has 2 atom stereocenters. The maximum absolute atomic E-state index is 12.4. The summed E-state index contributed by atoms with van der Waals surface area (Å²) in [6.07, 6.45) is -0.159. The molecule has 0 aromatic rings. The van der Waals surface area contributed by atoms with Gasteiger partial charge in [-0.15, -0.1) is 0 Å². The lowest BCUT2D eigenvalue weighted by atomic mass is 9.97. The number of hydrogen-bond acceptors (Lipinski definition) is 2. The van der Waals surface area contributed by atoms with Gasteiger partial charge in [0.25, 0.3) is 0 Å². The Kier molecular flexibility index (Phi) is 2.44. The molecule has 0 saturated carbocycles. The SMILES string of the molecule is CC(F)(F)CC1COCC1N. The molecule has 2 unspecified atom stereocenters. The molecule has 4 heteroatoms. The van der Waals surface area contributed by atoms with E-state index < -0.39 is 5.92 Å². The fourth-order valence-electron chi connectivity index (χ4n) is 1.29. The lowest BCUT2D eigenvalue weighted by molar-refractivity contribution is -0.00614. The Labute approximate surface area is 64.7 Å². The van der Waals surface area contributed by atoms with Crippen molar-refractivity contribution in [2.24, 2.45) is 11.7 Å². The molecule has 1 aliphatic rings. The van der Waals surface area contributed by atoms with Crippen molar-refractivity contribution in [1.82, 2.24) is 0 Å². The van der Waals surface area contributed by atoms with Gasteiger partial charge in [-0.25, -0.2) is 8.78 Å². The molecule has 2 N–H and O–H groups in total. The lowest BCUT2D eigenvalue weighted by Crippen LogP contribution is -2.32. The van der Waals surface area contributed by atoms with Gasteiger partial charge in [0.2, 0.25) is 5.92 Å². The third-order valence-electron chi connectivity index (χ3n) is 1.87. The number of alkyl halides is 2. The molecule has 0 amide bonds. The second-order valence-electron chi connectivity index (χ2n) is 3.24. The molecule has 1 aliphatic heterocycles. The molecule has 66 valence electrons. The summed E-state index contributed by atoms with van der Waals surface area (Å²) < 4.78 is 29.8. The van der Waals surface area contributed by atoms with Crippen molar-refractivity contribution in [3.63, 3.8) is 0 Å². The third kappa shape index (κ3) is 2.71. The van der Waals surface area contributed by atoms with E-state index in [0.29, 0.717) is 13.2 Å². The first-order valence-electron chi connectivity index (χ1n) is 3.70. The zero-order chi connectivity index (χ0) is 8.48. The van der Waals surface area contributed by atoms with Gasteiger partial charge in [-0.2, -0.15) is 0 Å². The summed E-state index contributed by atoms with van der Waals surface area (Å²) in [7, 11) is 0. The molecular weight excluding hydrogens is 152 g/mol. The highest BCUT2D eigenvalue weighted by atomic mass is 19.3. The first-order chi connectivity index (χ1) is 4.99. The van der Waals surface area contributed by atoms with Gasteiger partial charge in [0, 0.05) is 18.4 Å². The standard InChI is InChI=1S/C7H13F2NO/c1-7(8,9)2-5-3-11-4-6(5)10/h5-6H,2-4,10H2,1H3. The minimum Gasteiger partial charge on any atom is -0.379 e. The summed E-state index contributed by atoms with van der Waals surface area (Å²) in [6, 6.07) is -0.208. The Bertz CT molecular complexity index is 135. The summed E-state index contributed by atoms with van der Waals surface area (Å²) in [5.74, 6) is -2.79. The second kappa shape index (κ2) is 3.03. The van der Waals surface area contributed by atoms with Gasteiger partial charge in [0.1, 0.15) is 0 Å². The van der Waals surface area contributed by atoms with E-state index in [-0.39, 0.29) is 18.4 Å². The monoisotopic (exact) mass is 165 g/mol. The Morgan fingerprint density at radius 2 is 2.18 bits per heavy atom. The Hall–Kier alpha value is -0.220. The Morgan fingerprint density at radius 3 is 2.55 bits per heavy atom. The van der Waals surface area contributed by atoms with E-state index >= 15 is 0 Å². The zero-order valence-corrected chi connectivity index (χ0v) is 6.52. The van der Waals surface area contributed by atoms with Crippen LogP contribution in [0.2, 0.25) is 0 Å². The van der Waals surface area contributed by atoms with Gasteiger partial charge < -0.3 is 10.5 Å². The van der Waals surface area contributed by atoms with Gasteiger partial charge in [0.05, 0.1) is 13.2 Å². The summed E-state index contributed by atoms with van der Waals surface area (Å²) in [6.45, 7) is 1.71. The first-order valence-corrected chi connectivity index (χ1v) is 3.70. The largest absolute Gasteiger partial charge is 0.379 e. The van der Waals surface area contributed by atoms with Gasteiger partial charge in [0.15, 0.2) is 0 Å². The van der Waals surface area contributed by atoms with Crippen LogP contribution in [0, 0.1) is 5.92 Å².